The molecule has 0 bridgehead atoms. The SMILES string of the molecule is CC.CC(C)C(=O)NCCN(C)C.CC(C)C(=O)NNC=O.CC(C)OCCNC(=O)C(C)C.CNC(=O)CCC(=O)NC(C)C. The highest BCUT2D eigenvalue weighted by atomic mass is 16.5. The van der Waals surface area contributed by atoms with Crippen LogP contribution < -0.4 is 32.1 Å². The highest BCUT2D eigenvalue weighted by Gasteiger charge is 2.07. The maximum absolute atomic E-state index is 11.0. The molecule has 0 aromatic heterocycles. The van der Waals surface area contributed by atoms with Gasteiger partial charge in [0.1, 0.15) is 0 Å². The summed E-state index contributed by atoms with van der Waals surface area (Å²) in [5.74, 6) is -0.0996. The average molecular weight is 664 g/mol. The summed E-state index contributed by atoms with van der Waals surface area (Å²) in [6, 6.07) is 0.141. The van der Waals surface area contributed by atoms with Crippen molar-refractivity contribution in [1.29, 1.82) is 0 Å². The van der Waals surface area contributed by atoms with Gasteiger partial charge in [0.2, 0.25) is 35.9 Å². The average Bonchev–Trinajstić information content (AvgIpc) is 2.97. The Morgan fingerprint density at radius 1 is 0.696 bits per heavy atom. The molecule has 0 aliphatic heterocycles. The fourth-order valence-electron chi connectivity index (χ4n) is 2.27. The number of amides is 6. The number of hydrazine groups is 1. The van der Waals surface area contributed by atoms with Crippen LogP contribution in [0.15, 0.2) is 0 Å². The monoisotopic (exact) mass is 664 g/mol. The molecule has 0 saturated heterocycles. The number of likely N-dealkylation sites (N-methyl/N-ethyl adjacent to an activating group) is 1. The van der Waals surface area contributed by atoms with Gasteiger partial charge < -0.3 is 30.9 Å². The Hall–Kier alpha value is -3.26. The molecule has 14 nitrogen and oxygen atoms in total. The van der Waals surface area contributed by atoms with Gasteiger partial charge in [0, 0.05) is 63.3 Å². The Bertz CT molecular complexity index is 789. The first kappa shape index (κ1) is 52.3. The first-order valence-electron chi connectivity index (χ1n) is 16.1. The maximum Gasteiger partial charge on any atom is 0.240 e. The predicted octanol–water partition coefficient (Wildman–Crippen LogP) is 1.99. The van der Waals surface area contributed by atoms with Crippen LogP contribution >= 0.6 is 0 Å². The van der Waals surface area contributed by atoms with Crippen molar-refractivity contribution < 1.29 is 33.5 Å². The number of hydrogen-bond acceptors (Lipinski definition) is 8. The van der Waals surface area contributed by atoms with Crippen LogP contribution in [0.1, 0.15) is 95.9 Å². The molecule has 0 saturated carbocycles. The van der Waals surface area contributed by atoms with Crippen molar-refractivity contribution in [3.63, 3.8) is 0 Å². The van der Waals surface area contributed by atoms with E-state index in [-0.39, 0.29) is 72.3 Å². The molecule has 0 aromatic rings. The van der Waals surface area contributed by atoms with Crippen molar-refractivity contribution in [3.8, 4) is 0 Å². The molecule has 0 spiro atoms. The van der Waals surface area contributed by atoms with Gasteiger partial charge in [0.25, 0.3) is 0 Å². The number of nitrogens with zero attached hydrogens (tertiary/aromatic N) is 1. The molecule has 0 heterocycles. The van der Waals surface area contributed by atoms with Crippen molar-refractivity contribution in [2.24, 2.45) is 17.8 Å². The van der Waals surface area contributed by atoms with E-state index >= 15 is 0 Å². The zero-order chi connectivity index (χ0) is 37.3. The molecule has 0 aliphatic rings. The molecule has 0 rings (SSSR count). The smallest absolute Gasteiger partial charge is 0.240 e. The Morgan fingerprint density at radius 2 is 1.13 bits per heavy atom. The second-order valence-electron chi connectivity index (χ2n) is 11.4. The van der Waals surface area contributed by atoms with E-state index in [1.54, 1.807) is 20.9 Å². The molecule has 274 valence electrons. The Kier molecular flexibility index (Phi) is 41.2. The quantitative estimate of drug-likeness (QED) is 0.0822. The highest BCUT2D eigenvalue weighted by Crippen LogP contribution is 1.92. The zero-order valence-corrected chi connectivity index (χ0v) is 31.5. The molecule has 0 aliphatic carbocycles. The lowest BCUT2D eigenvalue weighted by molar-refractivity contribution is -0.127. The summed E-state index contributed by atoms with van der Waals surface area (Å²) in [6.45, 7) is 25.6. The molecule has 14 heteroatoms. The minimum Gasteiger partial charge on any atom is -0.377 e. The van der Waals surface area contributed by atoms with E-state index in [9.17, 15) is 28.8 Å². The summed E-state index contributed by atoms with van der Waals surface area (Å²) in [4.78, 5) is 65.9. The predicted molar refractivity (Wildman–Crippen MR) is 185 cm³/mol. The lowest BCUT2D eigenvalue weighted by Crippen LogP contribution is -2.38. The standard InChI is InChI=1S/C9H19NO2.C8H16N2O2.C8H18N2O.C5H10N2O2.C2H6/c1-7(2)9(11)10-5-6-12-8(3)4;1-6(2)10-8(12)5-4-7(11)9-3;1-7(2)8(11)9-5-6-10(3)4;1-4(2)5(9)7-6-3-8;1-2/h7-8H,5-6H2,1-4H3,(H,10,11);6H,4-5H2,1-3H3,(H,9,11)(H,10,12);7H,5-6H2,1-4H3,(H,9,11);3-4H,1-2H3,(H,6,8)(H,7,9);1-2H3. The fourth-order valence-corrected chi connectivity index (χ4v) is 2.27. The molecule has 0 fully saturated rings. The molecule has 6 N–H and O–H groups in total. The van der Waals surface area contributed by atoms with Crippen LogP contribution in [0.5, 0.6) is 0 Å². The summed E-state index contributed by atoms with van der Waals surface area (Å²) in [5, 5.41) is 10.8. The van der Waals surface area contributed by atoms with Crippen molar-refractivity contribution in [2.75, 3.05) is 47.4 Å². The van der Waals surface area contributed by atoms with Crippen molar-refractivity contribution in [1.82, 2.24) is 37.0 Å². The molecule has 0 atom stereocenters. The van der Waals surface area contributed by atoms with Gasteiger partial charge in [-0.25, -0.2) is 0 Å². The van der Waals surface area contributed by atoms with Crippen molar-refractivity contribution in [3.05, 3.63) is 0 Å². The number of hydrogen-bond donors (Lipinski definition) is 6. The molecule has 0 unspecified atom stereocenters. The van der Waals surface area contributed by atoms with Gasteiger partial charge in [0.05, 0.1) is 12.7 Å². The molecular weight excluding hydrogens is 594 g/mol. The summed E-state index contributed by atoms with van der Waals surface area (Å²) < 4.78 is 5.26. The fraction of sp³-hybridized carbons (Fsp3) is 0.812. The van der Waals surface area contributed by atoms with Crippen LogP contribution in [0, 0.1) is 17.8 Å². The summed E-state index contributed by atoms with van der Waals surface area (Å²) in [5.41, 5.74) is 4.22. The van der Waals surface area contributed by atoms with E-state index in [2.05, 4.69) is 26.7 Å². The van der Waals surface area contributed by atoms with Gasteiger partial charge >= 0.3 is 0 Å². The molecule has 0 radical (unpaired) electrons. The summed E-state index contributed by atoms with van der Waals surface area (Å²) in [6.07, 6.45) is 1.17. The van der Waals surface area contributed by atoms with E-state index in [0.29, 0.717) is 19.6 Å². The van der Waals surface area contributed by atoms with Gasteiger partial charge in [-0.05, 0) is 41.8 Å². The number of nitrogens with one attached hydrogen (secondary N) is 6. The van der Waals surface area contributed by atoms with E-state index in [4.69, 9.17) is 4.74 Å². The topological polar surface area (TPSA) is 187 Å². The zero-order valence-electron chi connectivity index (χ0n) is 31.5. The third-order valence-electron chi connectivity index (χ3n) is 4.85. The van der Waals surface area contributed by atoms with Gasteiger partial charge in [0.15, 0.2) is 0 Å². The van der Waals surface area contributed by atoms with Crippen LogP contribution in [0.3, 0.4) is 0 Å². The second-order valence-corrected chi connectivity index (χ2v) is 11.4. The third-order valence-corrected chi connectivity index (χ3v) is 4.85. The van der Waals surface area contributed by atoms with E-state index in [0.717, 1.165) is 13.1 Å². The van der Waals surface area contributed by atoms with Crippen LogP contribution in [-0.2, 0) is 33.5 Å². The number of ether oxygens (including phenoxy) is 1. The number of carbonyl (C=O) groups is 6. The van der Waals surface area contributed by atoms with E-state index < -0.39 is 0 Å². The van der Waals surface area contributed by atoms with Crippen LogP contribution in [0.4, 0.5) is 0 Å². The first-order valence-corrected chi connectivity index (χ1v) is 16.1. The van der Waals surface area contributed by atoms with E-state index in [1.807, 2.05) is 93.7 Å². The third kappa shape index (κ3) is 47.7. The normalized spacial score (nSPS) is 9.76. The largest absolute Gasteiger partial charge is 0.377 e. The Morgan fingerprint density at radius 3 is 1.48 bits per heavy atom. The molecule has 0 aromatic carbocycles. The van der Waals surface area contributed by atoms with E-state index in [1.165, 1.54) is 0 Å². The van der Waals surface area contributed by atoms with Crippen LogP contribution in [-0.4, -0.2) is 100 Å². The Balaban J connectivity index is -0.000000160. The van der Waals surface area contributed by atoms with Gasteiger partial charge in [-0.3, -0.25) is 39.6 Å². The molecule has 6 amide bonds. The first-order chi connectivity index (χ1) is 21.3. The van der Waals surface area contributed by atoms with Crippen molar-refractivity contribution >= 4 is 35.9 Å². The molecule has 46 heavy (non-hydrogen) atoms. The van der Waals surface area contributed by atoms with Gasteiger partial charge in [-0.15, -0.1) is 0 Å². The van der Waals surface area contributed by atoms with Crippen LogP contribution in [0.25, 0.3) is 0 Å². The maximum atomic E-state index is 11.0. The summed E-state index contributed by atoms with van der Waals surface area (Å²) in [7, 11) is 5.53. The minimum absolute atomic E-state index is 0.0593. The minimum atomic E-state index is -0.192. The lowest BCUT2D eigenvalue weighted by Gasteiger charge is -2.11. The lowest BCUT2D eigenvalue weighted by atomic mass is 10.2. The number of rotatable bonds is 16. The van der Waals surface area contributed by atoms with Gasteiger partial charge in [-0.1, -0.05) is 55.4 Å². The van der Waals surface area contributed by atoms with Crippen LogP contribution in [0.2, 0.25) is 0 Å². The number of carbonyl (C=O) groups excluding carboxylic acids is 6. The summed E-state index contributed by atoms with van der Waals surface area (Å²) >= 11 is 0. The van der Waals surface area contributed by atoms with Crippen molar-refractivity contribution in [2.45, 2.75) is 108 Å². The van der Waals surface area contributed by atoms with Gasteiger partial charge in [-0.2, -0.15) is 0 Å². The Labute approximate surface area is 279 Å². The second kappa shape index (κ2) is 36.2. The highest BCUT2D eigenvalue weighted by molar-refractivity contribution is 5.83. The molecular formula is C32H69N7O7.